The standard InChI is InChI=1S/C9H13NO2/c1-4-5-6-9(12)10-7(2)8(3)11/h1,7H,5-6H2,2-3H3,(H,10,12). The molecule has 0 bridgehead atoms. The maximum Gasteiger partial charge on any atom is 0.221 e. The molecule has 1 amide bonds. The summed E-state index contributed by atoms with van der Waals surface area (Å²) < 4.78 is 0. The van der Waals surface area contributed by atoms with Crippen LogP contribution in [0.3, 0.4) is 0 Å². The number of carbonyl (C=O) groups excluding carboxylic acids is 2. The lowest BCUT2D eigenvalue weighted by Gasteiger charge is -2.08. The molecule has 1 unspecified atom stereocenters. The zero-order valence-electron chi connectivity index (χ0n) is 7.39. The number of carbonyl (C=O) groups is 2. The summed E-state index contributed by atoms with van der Waals surface area (Å²) in [7, 11) is 0. The van der Waals surface area contributed by atoms with Crippen LogP contribution in [0.25, 0.3) is 0 Å². The van der Waals surface area contributed by atoms with E-state index in [-0.39, 0.29) is 18.1 Å². The van der Waals surface area contributed by atoms with Gasteiger partial charge in [-0.2, -0.15) is 0 Å². The van der Waals surface area contributed by atoms with Gasteiger partial charge in [-0.25, -0.2) is 0 Å². The summed E-state index contributed by atoms with van der Waals surface area (Å²) in [6.45, 7) is 3.09. The molecule has 3 nitrogen and oxygen atoms in total. The fourth-order valence-electron chi connectivity index (χ4n) is 0.601. The molecular formula is C9H13NO2. The third-order valence-corrected chi connectivity index (χ3v) is 1.48. The molecule has 0 heterocycles. The number of hydrogen-bond acceptors (Lipinski definition) is 2. The molecule has 0 aromatic rings. The Bertz CT molecular complexity index is 215. The van der Waals surface area contributed by atoms with Crippen LogP contribution in [0.5, 0.6) is 0 Å². The lowest BCUT2D eigenvalue weighted by atomic mass is 10.2. The van der Waals surface area contributed by atoms with Gasteiger partial charge in [-0.1, -0.05) is 0 Å². The number of terminal acetylenes is 1. The zero-order chi connectivity index (χ0) is 9.56. The molecule has 0 fully saturated rings. The van der Waals surface area contributed by atoms with E-state index in [0.29, 0.717) is 6.42 Å². The van der Waals surface area contributed by atoms with Gasteiger partial charge >= 0.3 is 0 Å². The molecule has 0 aliphatic carbocycles. The lowest BCUT2D eigenvalue weighted by Crippen LogP contribution is -2.37. The van der Waals surface area contributed by atoms with E-state index in [2.05, 4.69) is 11.2 Å². The maximum absolute atomic E-state index is 11.0. The molecule has 1 atom stereocenters. The Hall–Kier alpha value is -1.30. The summed E-state index contributed by atoms with van der Waals surface area (Å²) in [5, 5.41) is 2.53. The van der Waals surface area contributed by atoms with Crippen molar-refractivity contribution in [1.29, 1.82) is 0 Å². The molecule has 12 heavy (non-hydrogen) atoms. The molecule has 0 spiro atoms. The van der Waals surface area contributed by atoms with Gasteiger partial charge in [0.1, 0.15) is 0 Å². The summed E-state index contributed by atoms with van der Waals surface area (Å²) in [5.74, 6) is 2.13. The normalized spacial score (nSPS) is 11.4. The first kappa shape index (κ1) is 10.7. The first-order chi connectivity index (χ1) is 5.57. The van der Waals surface area contributed by atoms with E-state index < -0.39 is 6.04 Å². The fourth-order valence-corrected chi connectivity index (χ4v) is 0.601. The van der Waals surface area contributed by atoms with Crippen LogP contribution in [0.15, 0.2) is 0 Å². The van der Waals surface area contributed by atoms with Gasteiger partial charge in [0, 0.05) is 12.8 Å². The molecule has 3 heteroatoms. The predicted molar refractivity (Wildman–Crippen MR) is 46.4 cm³/mol. The summed E-state index contributed by atoms with van der Waals surface area (Å²) in [6, 6.07) is -0.407. The van der Waals surface area contributed by atoms with Crippen molar-refractivity contribution in [2.75, 3.05) is 0 Å². The summed E-state index contributed by atoms with van der Waals surface area (Å²) in [6.07, 6.45) is 5.67. The van der Waals surface area contributed by atoms with Gasteiger partial charge in [-0.15, -0.1) is 12.3 Å². The smallest absolute Gasteiger partial charge is 0.221 e. The highest BCUT2D eigenvalue weighted by atomic mass is 16.2. The summed E-state index contributed by atoms with van der Waals surface area (Å²) in [5.41, 5.74) is 0. The molecule has 66 valence electrons. The van der Waals surface area contributed by atoms with E-state index in [1.807, 2.05) is 0 Å². The minimum Gasteiger partial charge on any atom is -0.347 e. The molecule has 0 radical (unpaired) electrons. The van der Waals surface area contributed by atoms with E-state index >= 15 is 0 Å². The van der Waals surface area contributed by atoms with Gasteiger partial charge in [-0.3, -0.25) is 9.59 Å². The maximum atomic E-state index is 11.0. The fraction of sp³-hybridized carbons (Fsp3) is 0.556. The number of nitrogens with one attached hydrogen (secondary N) is 1. The molecule has 0 aromatic heterocycles. The molecule has 0 rings (SSSR count). The van der Waals surface area contributed by atoms with Crippen LogP contribution in [-0.4, -0.2) is 17.7 Å². The SMILES string of the molecule is C#CCCC(=O)NC(C)C(C)=O. The minimum absolute atomic E-state index is 0.0518. The topological polar surface area (TPSA) is 46.2 Å². The van der Waals surface area contributed by atoms with E-state index in [4.69, 9.17) is 6.42 Å². The van der Waals surface area contributed by atoms with E-state index in [1.54, 1.807) is 6.92 Å². The van der Waals surface area contributed by atoms with Crippen LogP contribution in [0.4, 0.5) is 0 Å². The second-order valence-electron chi connectivity index (χ2n) is 2.60. The minimum atomic E-state index is -0.407. The first-order valence-corrected chi connectivity index (χ1v) is 3.81. The lowest BCUT2D eigenvalue weighted by molar-refractivity contribution is -0.126. The highest BCUT2D eigenvalue weighted by Crippen LogP contribution is 1.89. The molecule has 0 aliphatic heterocycles. The first-order valence-electron chi connectivity index (χ1n) is 3.81. The van der Waals surface area contributed by atoms with E-state index in [1.165, 1.54) is 6.92 Å². The van der Waals surface area contributed by atoms with Gasteiger partial charge in [0.2, 0.25) is 5.91 Å². The van der Waals surface area contributed by atoms with Crippen LogP contribution in [-0.2, 0) is 9.59 Å². The zero-order valence-corrected chi connectivity index (χ0v) is 7.39. The van der Waals surface area contributed by atoms with Crippen LogP contribution in [0, 0.1) is 12.3 Å². The molecular weight excluding hydrogens is 154 g/mol. The summed E-state index contributed by atoms with van der Waals surface area (Å²) in [4.78, 5) is 21.7. The van der Waals surface area contributed by atoms with Gasteiger partial charge in [0.05, 0.1) is 6.04 Å². The van der Waals surface area contributed by atoms with Gasteiger partial charge in [0.25, 0.3) is 0 Å². The largest absolute Gasteiger partial charge is 0.347 e. The van der Waals surface area contributed by atoms with Crippen molar-refractivity contribution in [3.63, 3.8) is 0 Å². The molecule has 0 saturated heterocycles. The van der Waals surface area contributed by atoms with Crippen LogP contribution < -0.4 is 5.32 Å². The van der Waals surface area contributed by atoms with E-state index in [9.17, 15) is 9.59 Å². The Balaban J connectivity index is 3.71. The van der Waals surface area contributed by atoms with Crippen molar-refractivity contribution >= 4 is 11.7 Å². The Kier molecular flexibility index (Phi) is 4.78. The van der Waals surface area contributed by atoms with Gasteiger partial charge in [0.15, 0.2) is 5.78 Å². The second-order valence-corrected chi connectivity index (χ2v) is 2.60. The third kappa shape index (κ3) is 4.51. The number of hydrogen-bond donors (Lipinski definition) is 1. The van der Waals surface area contributed by atoms with Crippen LogP contribution >= 0.6 is 0 Å². The Labute approximate surface area is 72.5 Å². The second kappa shape index (κ2) is 5.36. The molecule has 1 N–H and O–H groups in total. The van der Waals surface area contributed by atoms with Crippen LogP contribution in [0.2, 0.25) is 0 Å². The quantitative estimate of drug-likeness (QED) is 0.619. The predicted octanol–water partition coefficient (Wildman–Crippen LogP) is 0.493. The molecule has 0 aromatic carbocycles. The number of Topliss-reactive ketones (excluding diaryl/α,β-unsaturated/α-hetero) is 1. The average Bonchev–Trinajstić information content (AvgIpc) is 2.00. The number of rotatable bonds is 4. The van der Waals surface area contributed by atoms with Gasteiger partial charge < -0.3 is 5.32 Å². The average molecular weight is 167 g/mol. The van der Waals surface area contributed by atoms with Crippen molar-refractivity contribution in [3.8, 4) is 12.3 Å². The monoisotopic (exact) mass is 167 g/mol. The Morgan fingerprint density at radius 3 is 2.58 bits per heavy atom. The molecule has 0 saturated carbocycles. The van der Waals surface area contributed by atoms with Crippen molar-refractivity contribution < 1.29 is 9.59 Å². The highest BCUT2D eigenvalue weighted by molar-refractivity contribution is 5.87. The van der Waals surface area contributed by atoms with Crippen molar-refractivity contribution in [3.05, 3.63) is 0 Å². The van der Waals surface area contributed by atoms with E-state index in [0.717, 1.165) is 0 Å². The third-order valence-electron chi connectivity index (χ3n) is 1.48. The Morgan fingerprint density at radius 2 is 2.17 bits per heavy atom. The van der Waals surface area contributed by atoms with Crippen molar-refractivity contribution in [2.24, 2.45) is 0 Å². The van der Waals surface area contributed by atoms with Gasteiger partial charge in [-0.05, 0) is 13.8 Å². The van der Waals surface area contributed by atoms with Crippen LogP contribution in [0.1, 0.15) is 26.7 Å². The van der Waals surface area contributed by atoms with Crippen molar-refractivity contribution in [2.45, 2.75) is 32.7 Å². The highest BCUT2D eigenvalue weighted by Gasteiger charge is 2.09. The van der Waals surface area contributed by atoms with Crippen molar-refractivity contribution in [1.82, 2.24) is 5.32 Å². The number of amides is 1. The molecule has 0 aliphatic rings. The Morgan fingerprint density at radius 1 is 1.58 bits per heavy atom. The summed E-state index contributed by atoms with van der Waals surface area (Å²) >= 11 is 0. The number of ketones is 1.